The molecule has 10 heteroatoms. The fourth-order valence-electron chi connectivity index (χ4n) is 2.59. The fourth-order valence-corrected chi connectivity index (χ4v) is 2.59. The number of nitrogens with zero attached hydrogens (tertiary/aromatic N) is 3. The minimum Gasteiger partial charge on any atom is -0.493 e. The van der Waals surface area contributed by atoms with Gasteiger partial charge in [0.15, 0.2) is 17.3 Å². The van der Waals surface area contributed by atoms with Crippen LogP contribution in [0.5, 0.6) is 17.2 Å². The molecule has 3 aromatic rings. The van der Waals surface area contributed by atoms with Gasteiger partial charge in [0.1, 0.15) is 11.3 Å². The second-order valence-electron chi connectivity index (χ2n) is 6.06. The number of rotatable bonds is 8. The summed E-state index contributed by atoms with van der Waals surface area (Å²) in [5.41, 5.74) is 0.841. The molecule has 1 heterocycles. The molecule has 7 nitrogen and oxygen atoms in total. The summed E-state index contributed by atoms with van der Waals surface area (Å²) < 4.78 is 52.4. The van der Waals surface area contributed by atoms with E-state index in [1.54, 1.807) is 18.2 Å². The molecule has 0 saturated carbocycles. The molecule has 0 bridgehead atoms. The summed E-state index contributed by atoms with van der Waals surface area (Å²) in [6.45, 7) is 2.60. The van der Waals surface area contributed by atoms with Crippen molar-refractivity contribution in [1.82, 2.24) is 15.4 Å². The van der Waals surface area contributed by atoms with Crippen molar-refractivity contribution in [2.75, 3.05) is 19.0 Å². The Morgan fingerprint density at radius 2 is 1.90 bits per heavy atom. The summed E-state index contributed by atoms with van der Waals surface area (Å²) in [5.74, 6) is 0.969. The van der Waals surface area contributed by atoms with Gasteiger partial charge in [-0.2, -0.15) is 0 Å². The number of anilines is 2. The Balaban J connectivity index is 1.91. The highest BCUT2D eigenvalue weighted by Crippen LogP contribution is 2.35. The minimum atomic E-state index is -4.77. The van der Waals surface area contributed by atoms with Crippen molar-refractivity contribution < 1.29 is 27.4 Å². The van der Waals surface area contributed by atoms with E-state index in [1.165, 1.54) is 25.3 Å². The van der Waals surface area contributed by atoms with Crippen LogP contribution < -0.4 is 19.5 Å². The first-order chi connectivity index (χ1) is 13.9. The van der Waals surface area contributed by atoms with Gasteiger partial charge in [-0.15, -0.1) is 23.4 Å². The molecule has 0 atom stereocenters. The number of hydrogen-bond acceptors (Lipinski definition) is 7. The summed E-state index contributed by atoms with van der Waals surface area (Å²) in [4.78, 5) is 0. The highest BCUT2D eigenvalue weighted by atomic mass is 19.4. The molecule has 0 saturated heterocycles. The summed E-state index contributed by atoms with van der Waals surface area (Å²) in [7, 11) is 1.51. The van der Waals surface area contributed by atoms with Gasteiger partial charge in [-0.3, -0.25) is 0 Å². The zero-order chi connectivity index (χ0) is 20.9. The summed E-state index contributed by atoms with van der Waals surface area (Å²) in [5, 5.41) is 15.2. The Hall–Kier alpha value is -3.30. The number of benzene rings is 2. The molecule has 0 radical (unpaired) electrons. The van der Waals surface area contributed by atoms with Crippen LogP contribution in [0.4, 0.5) is 24.7 Å². The van der Waals surface area contributed by atoms with Crippen molar-refractivity contribution in [2.24, 2.45) is 0 Å². The quantitative estimate of drug-likeness (QED) is 0.534. The van der Waals surface area contributed by atoms with Gasteiger partial charge in [0.2, 0.25) is 0 Å². The molecule has 154 valence electrons. The van der Waals surface area contributed by atoms with Crippen molar-refractivity contribution in [1.29, 1.82) is 0 Å². The number of fused-ring (bicyclic) bond motifs is 1. The molecule has 0 fully saturated rings. The lowest BCUT2D eigenvalue weighted by molar-refractivity contribution is -0.274. The van der Waals surface area contributed by atoms with Gasteiger partial charge in [-0.1, -0.05) is 19.4 Å². The van der Waals surface area contributed by atoms with Gasteiger partial charge in [0.05, 0.1) is 19.1 Å². The molecule has 0 aliphatic carbocycles. The third kappa shape index (κ3) is 5.37. The molecule has 1 aromatic heterocycles. The Morgan fingerprint density at radius 1 is 1.07 bits per heavy atom. The van der Waals surface area contributed by atoms with Crippen molar-refractivity contribution in [3.05, 3.63) is 36.4 Å². The lowest BCUT2D eigenvalue weighted by Gasteiger charge is -2.14. The Bertz CT molecular complexity index is 983. The van der Waals surface area contributed by atoms with E-state index in [9.17, 15) is 13.2 Å². The molecule has 0 aliphatic rings. The second kappa shape index (κ2) is 8.80. The van der Waals surface area contributed by atoms with Crippen LogP contribution in [-0.2, 0) is 0 Å². The standard InChI is InChI=1S/C19H19F3N4O3/c1-3-4-8-28-17-11-15-14(10-16(17)27-2)18(25-26-24-15)23-12-6-5-7-13(9-12)29-19(20,21)22/h5-7,9-11H,3-4,8H2,1-2H3,(H,23,24,25). The zero-order valence-electron chi connectivity index (χ0n) is 15.8. The predicted molar refractivity (Wildman–Crippen MR) is 101 cm³/mol. The molecular formula is C19H19F3N4O3. The molecule has 2 aromatic carbocycles. The first-order valence-corrected chi connectivity index (χ1v) is 8.86. The van der Waals surface area contributed by atoms with Crippen LogP contribution in [-0.4, -0.2) is 35.5 Å². The third-order valence-corrected chi connectivity index (χ3v) is 3.92. The molecule has 1 N–H and O–H groups in total. The molecule has 0 amide bonds. The normalized spacial score (nSPS) is 11.3. The fraction of sp³-hybridized carbons (Fsp3) is 0.316. The number of ether oxygens (including phenoxy) is 3. The minimum absolute atomic E-state index is 0.303. The zero-order valence-corrected chi connectivity index (χ0v) is 15.8. The molecule has 0 spiro atoms. The molecule has 3 rings (SSSR count). The van der Waals surface area contributed by atoms with E-state index in [-0.39, 0.29) is 5.75 Å². The molecule has 0 unspecified atom stereocenters. The van der Waals surface area contributed by atoms with Crippen LogP contribution in [0.15, 0.2) is 36.4 Å². The van der Waals surface area contributed by atoms with E-state index in [0.29, 0.717) is 40.5 Å². The van der Waals surface area contributed by atoms with Crippen LogP contribution in [0.2, 0.25) is 0 Å². The third-order valence-electron chi connectivity index (χ3n) is 3.92. The average Bonchev–Trinajstić information content (AvgIpc) is 2.67. The van der Waals surface area contributed by atoms with Crippen LogP contribution in [0.1, 0.15) is 19.8 Å². The van der Waals surface area contributed by atoms with E-state index in [1.807, 2.05) is 0 Å². The van der Waals surface area contributed by atoms with Crippen molar-refractivity contribution in [2.45, 2.75) is 26.1 Å². The van der Waals surface area contributed by atoms with Gasteiger partial charge < -0.3 is 19.5 Å². The SMILES string of the molecule is CCCCOc1cc2nnnc(Nc3cccc(OC(F)(F)F)c3)c2cc1OC. The summed E-state index contributed by atoms with van der Waals surface area (Å²) in [6.07, 6.45) is -2.89. The molecular weight excluding hydrogens is 389 g/mol. The highest BCUT2D eigenvalue weighted by Gasteiger charge is 2.31. The smallest absolute Gasteiger partial charge is 0.493 e. The van der Waals surface area contributed by atoms with Crippen LogP contribution >= 0.6 is 0 Å². The topological polar surface area (TPSA) is 78.4 Å². The maximum absolute atomic E-state index is 12.4. The lowest BCUT2D eigenvalue weighted by Crippen LogP contribution is -2.17. The number of nitrogens with one attached hydrogen (secondary N) is 1. The van der Waals surface area contributed by atoms with Crippen LogP contribution in [0.25, 0.3) is 10.9 Å². The first-order valence-electron chi connectivity index (χ1n) is 8.86. The van der Waals surface area contributed by atoms with Gasteiger partial charge in [0, 0.05) is 17.8 Å². The van der Waals surface area contributed by atoms with E-state index >= 15 is 0 Å². The second-order valence-corrected chi connectivity index (χ2v) is 6.06. The lowest BCUT2D eigenvalue weighted by atomic mass is 10.2. The number of alkyl halides is 3. The highest BCUT2D eigenvalue weighted by molar-refractivity contribution is 5.92. The number of unbranched alkanes of at least 4 members (excludes halogenated alkanes) is 1. The van der Waals surface area contributed by atoms with Crippen LogP contribution in [0, 0.1) is 0 Å². The number of halogens is 3. The van der Waals surface area contributed by atoms with Gasteiger partial charge >= 0.3 is 6.36 Å². The van der Waals surface area contributed by atoms with Gasteiger partial charge in [0.25, 0.3) is 0 Å². The molecule has 29 heavy (non-hydrogen) atoms. The summed E-state index contributed by atoms with van der Waals surface area (Å²) in [6, 6.07) is 8.81. The van der Waals surface area contributed by atoms with Crippen LogP contribution in [0.3, 0.4) is 0 Å². The van der Waals surface area contributed by atoms with E-state index < -0.39 is 6.36 Å². The number of aromatic nitrogens is 3. The Kier molecular flexibility index (Phi) is 6.20. The van der Waals surface area contributed by atoms with E-state index in [2.05, 4.69) is 32.4 Å². The number of methoxy groups -OCH3 is 1. The average molecular weight is 408 g/mol. The van der Waals surface area contributed by atoms with E-state index in [0.717, 1.165) is 12.8 Å². The maximum Gasteiger partial charge on any atom is 0.573 e. The van der Waals surface area contributed by atoms with Gasteiger partial charge in [-0.25, -0.2) is 0 Å². The number of hydrogen-bond donors (Lipinski definition) is 1. The van der Waals surface area contributed by atoms with Crippen molar-refractivity contribution in [3.8, 4) is 17.2 Å². The Labute approximate surface area is 164 Å². The van der Waals surface area contributed by atoms with E-state index in [4.69, 9.17) is 9.47 Å². The van der Waals surface area contributed by atoms with Crippen molar-refractivity contribution >= 4 is 22.4 Å². The molecule has 0 aliphatic heterocycles. The van der Waals surface area contributed by atoms with Gasteiger partial charge in [-0.05, 0) is 29.8 Å². The first kappa shape index (κ1) is 20.4. The monoisotopic (exact) mass is 408 g/mol. The largest absolute Gasteiger partial charge is 0.573 e. The Morgan fingerprint density at radius 3 is 2.62 bits per heavy atom. The van der Waals surface area contributed by atoms with Crippen molar-refractivity contribution in [3.63, 3.8) is 0 Å². The maximum atomic E-state index is 12.4. The predicted octanol–water partition coefficient (Wildman–Crippen LogP) is 4.85. The summed E-state index contributed by atoms with van der Waals surface area (Å²) >= 11 is 0.